The first-order valence-electron chi connectivity index (χ1n) is 9.50. The van der Waals surface area contributed by atoms with Crippen molar-refractivity contribution in [2.45, 2.75) is 30.7 Å². The summed E-state index contributed by atoms with van der Waals surface area (Å²) < 4.78 is 16.6. The number of benzene rings is 2. The lowest BCUT2D eigenvalue weighted by atomic mass is 9.99. The topological polar surface area (TPSA) is 190 Å². The van der Waals surface area contributed by atoms with Crippen molar-refractivity contribution in [2.75, 3.05) is 6.61 Å². The van der Waals surface area contributed by atoms with Gasteiger partial charge >= 0.3 is 0 Å². The molecule has 5 atom stereocenters. The van der Waals surface area contributed by atoms with E-state index in [0.29, 0.717) is 0 Å². The average Bonchev–Trinajstić information content (AvgIpc) is 2.75. The highest BCUT2D eigenvalue weighted by Gasteiger charge is 2.45. The van der Waals surface area contributed by atoms with Gasteiger partial charge in [-0.25, -0.2) is 0 Å². The Kier molecular flexibility index (Phi) is 5.67. The van der Waals surface area contributed by atoms with E-state index in [1.807, 2.05) is 0 Å². The molecular formula is C21H20O11. The third-order valence-corrected chi connectivity index (χ3v) is 5.13. The molecule has 0 amide bonds. The van der Waals surface area contributed by atoms with E-state index in [-0.39, 0.29) is 33.8 Å². The van der Waals surface area contributed by atoms with Crippen molar-refractivity contribution in [3.63, 3.8) is 0 Å². The molecule has 170 valence electrons. The number of ether oxygens (including phenoxy) is 2. The number of phenolic OH excluding ortho intramolecular Hbond substituents is 3. The van der Waals surface area contributed by atoms with Crippen molar-refractivity contribution in [2.24, 2.45) is 0 Å². The van der Waals surface area contributed by atoms with Crippen molar-refractivity contribution in [1.29, 1.82) is 0 Å². The Morgan fingerprint density at radius 1 is 0.906 bits per heavy atom. The molecule has 11 heteroatoms. The lowest BCUT2D eigenvalue weighted by Gasteiger charge is -2.39. The number of aliphatic hydroxyl groups is 4. The summed E-state index contributed by atoms with van der Waals surface area (Å²) in [5.74, 6) is -1.73. The van der Waals surface area contributed by atoms with Crippen LogP contribution >= 0.6 is 0 Å². The van der Waals surface area contributed by atoms with E-state index in [2.05, 4.69) is 0 Å². The Labute approximate surface area is 179 Å². The van der Waals surface area contributed by atoms with Crippen LogP contribution in [0.4, 0.5) is 0 Å². The van der Waals surface area contributed by atoms with Crippen LogP contribution < -0.4 is 10.2 Å². The van der Waals surface area contributed by atoms with Gasteiger partial charge < -0.3 is 49.6 Å². The predicted molar refractivity (Wildman–Crippen MR) is 107 cm³/mol. The van der Waals surface area contributed by atoms with E-state index >= 15 is 0 Å². The minimum Gasteiger partial charge on any atom is -0.508 e. The molecule has 1 fully saturated rings. The predicted octanol–water partition coefficient (Wildman–Crippen LogP) is -0.244. The van der Waals surface area contributed by atoms with Crippen LogP contribution in [0.1, 0.15) is 0 Å². The minimum atomic E-state index is -1.80. The highest BCUT2D eigenvalue weighted by atomic mass is 16.7. The number of fused-ring (bicyclic) bond motifs is 1. The Hall–Kier alpha value is -3.35. The van der Waals surface area contributed by atoms with Crippen LogP contribution in [-0.4, -0.2) is 73.1 Å². The van der Waals surface area contributed by atoms with Crippen molar-refractivity contribution >= 4 is 11.0 Å². The Morgan fingerprint density at radius 2 is 1.59 bits per heavy atom. The average molecular weight is 448 g/mol. The lowest BCUT2D eigenvalue weighted by Crippen LogP contribution is -2.60. The molecule has 2 aromatic carbocycles. The molecule has 0 radical (unpaired) electrons. The fraction of sp³-hybridized carbons (Fsp3) is 0.286. The zero-order chi connectivity index (χ0) is 23.2. The van der Waals surface area contributed by atoms with Crippen molar-refractivity contribution in [3.05, 3.63) is 46.6 Å². The summed E-state index contributed by atoms with van der Waals surface area (Å²) in [4.78, 5) is 13.2. The Bertz CT molecular complexity index is 1190. The fourth-order valence-electron chi connectivity index (χ4n) is 3.46. The fourth-order valence-corrected chi connectivity index (χ4v) is 3.46. The number of phenols is 3. The largest absolute Gasteiger partial charge is 0.508 e. The quantitative estimate of drug-likeness (QED) is 0.279. The first kappa shape index (κ1) is 21.9. The van der Waals surface area contributed by atoms with Gasteiger partial charge in [-0.15, -0.1) is 0 Å². The van der Waals surface area contributed by atoms with Gasteiger partial charge in [-0.3, -0.25) is 4.79 Å². The molecule has 11 nitrogen and oxygen atoms in total. The third-order valence-electron chi connectivity index (χ3n) is 5.13. The molecule has 32 heavy (non-hydrogen) atoms. The second kappa shape index (κ2) is 8.30. The van der Waals surface area contributed by atoms with Gasteiger partial charge in [-0.1, -0.05) is 0 Å². The van der Waals surface area contributed by atoms with E-state index in [1.165, 1.54) is 24.3 Å². The molecule has 0 bridgehead atoms. The van der Waals surface area contributed by atoms with E-state index in [1.54, 1.807) is 0 Å². The second-order valence-electron chi connectivity index (χ2n) is 7.29. The first-order chi connectivity index (χ1) is 15.2. The molecule has 7 N–H and O–H groups in total. The van der Waals surface area contributed by atoms with Gasteiger partial charge in [0.05, 0.1) is 6.61 Å². The van der Waals surface area contributed by atoms with E-state index in [9.17, 15) is 40.5 Å². The molecule has 4 rings (SSSR count). The van der Waals surface area contributed by atoms with Crippen LogP contribution in [0.2, 0.25) is 0 Å². The van der Waals surface area contributed by atoms with Crippen molar-refractivity contribution < 1.29 is 49.6 Å². The van der Waals surface area contributed by atoms with Gasteiger partial charge in [0.15, 0.2) is 5.76 Å². The van der Waals surface area contributed by atoms with Crippen molar-refractivity contribution in [1.82, 2.24) is 0 Å². The van der Waals surface area contributed by atoms with Gasteiger partial charge in [-0.05, 0) is 24.3 Å². The van der Waals surface area contributed by atoms with Gasteiger partial charge in [0.25, 0.3) is 0 Å². The summed E-state index contributed by atoms with van der Waals surface area (Å²) in [5, 5.41) is 68.8. The Morgan fingerprint density at radius 3 is 2.25 bits per heavy atom. The maximum atomic E-state index is 13.2. The highest BCUT2D eigenvalue weighted by Crippen LogP contribution is 2.37. The van der Waals surface area contributed by atoms with E-state index in [0.717, 1.165) is 12.1 Å². The van der Waals surface area contributed by atoms with Crippen LogP contribution in [0, 0.1) is 0 Å². The van der Waals surface area contributed by atoms with Gasteiger partial charge in [0.1, 0.15) is 52.6 Å². The smallest absolute Gasteiger partial charge is 0.239 e. The molecule has 0 saturated carbocycles. The van der Waals surface area contributed by atoms with Gasteiger partial charge in [0.2, 0.25) is 17.5 Å². The Balaban J connectivity index is 1.89. The minimum absolute atomic E-state index is 0.0661. The molecule has 0 unspecified atom stereocenters. The molecule has 0 aliphatic carbocycles. The van der Waals surface area contributed by atoms with Crippen LogP contribution in [0.3, 0.4) is 0 Å². The van der Waals surface area contributed by atoms with Crippen LogP contribution in [0.5, 0.6) is 23.0 Å². The molecule has 1 saturated heterocycles. The molecule has 2 heterocycles. The maximum Gasteiger partial charge on any atom is 0.239 e. The van der Waals surface area contributed by atoms with Gasteiger partial charge in [-0.2, -0.15) is 0 Å². The van der Waals surface area contributed by atoms with Crippen LogP contribution in [0.15, 0.2) is 45.6 Å². The van der Waals surface area contributed by atoms with Crippen LogP contribution in [-0.2, 0) is 4.74 Å². The summed E-state index contributed by atoms with van der Waals surface area (Å²) in [5.41, 5.74) is -0.801. The zero-order valence-electron chi connectivity index (χ0n) is 16.3. The maximum absolute atomic E-state index is 13.2. The monoisotopic (exact) mass is 448 g/mol. The number of aliphatic hydroxyl groups excluding tert-OH is 4. The highest BCUT2D eigenvalue weighted by molar-refractivity contribution is 5.88. The normalized spacial score (nSPS) is 25.7. The number of rotatable bonds is 4. The van der Waals surface area contributed by atoms with Crippen LogP contribution in [0.25, 0.3) is 22.3 Å². The van der Waals surface area contributed by atoms with E-state index in [4.69, 9.17) is 13.9 Å². The van der Waals surface area contributed by atoms with Gasteiger partial charge in [0, 0.05) is 17.7 Å². The molecule has 1 aromatic heterocycles. The van der Waals surface area contributed by atoms with E-state index < -0.39 is 54.2 Å². The third kappa shape index (κ3) is 3.72. The summed E-state index contributed by atoms with van der Waals surface area (Å²) >= 11 is 0. The van der Waals surface area contributed by atoms with Crippen molar-refractivity contribution in [3.8, 4) is 34.3 Å². The summed E-state index contributed by atoms with van der Waals surface area (Å²) in [7, 11) is 0. The molecule has 3 aromatic rings. The summed E-state index contributed by atoms with van der Waals surface area (Å²) in [6.07, 6.45) is -8.16. The number of hydrogen-bond acceptors (Lipinski definition) is 11. The number of hydrogen-bond donors (Lipinski definition) is 7. The summed E-state index contributed by atoms with van der Waals surface area (Å²) in [6, 6.07) is 7.48. The summed E-state index contributed by atoms with van der Waals surface area (Å²) in [6.45, 7) is -0.706. The molecule has 1 aliphatic rings. The SMILES string of the molecule is O=c1c(O[C@H]2O[C@@H](CO)[C@@H](O)[C@@H](O)[C@H]2O)c(-c2ccc(O)cc2)oc2cc(O)cc(O)c12. The molecular weight excluding hydrogens is 428 g/mol. The molecule has 1 aliphatic heterocycles. The lowest BCUT2D eigenvalue weighted by molar-refractivity contribution is -0.277. The molecule has 0 spiro atoms. The number of aromatic hydroxyl groups is 3. The first-order valence-corrected chi connectivity index (χ1v) is 9.50. The second-order valence-corrected chi connectivity index (χ2v) is 7.29. The standard InChI is InChI=1S/C21H20O11/c22-7-13-15(26)17(28)18(29)21(31-13)32-20-16(27)14-11(25)5-10(24)6-12(14)30-19(20)8-1-3-9(23)4-2-8/h1-6,13,15,17-18,21-26,28-29H,7H2/t13-,15+,17+,18+,21+/m0/s1. The zero-order valence-corrected chi connectivity index (χ0v) is 16.3.